The van der Waals surface area contributed by atoms with E-state index in [9.17, 15) is 4.79 Å². The van der Waals surface area contributed by atoms with Gasteiger partial charge in [-0.05, 0) is 14.0 Å². The van der Waals surface area contributed by atoms with Gasteiger partial charge in [0.2, 0.25) is 0 Å². The van der Waals surface area contributed by atoms with E-state index >= 15 is 0 Å². The highest BCUT2D eigenvalue weighted by Gasteiger charge is 2.05. The molecule has 10 heavy (non-hydrogen) atoms. The van der Waals surface area contributed by atoms with Gasteiger partial charge in [0.05, 0.1) is 13.2 Å². The van der Waals surface area contributed by atoms with E-state index in [2.05, 4.69) is 5.32 Å². The summed E-state index contributed by atoms with van der Waals surface area (Å²) in [4.78, 5) is 15.8. The molecule has 60 valence electrons. The molecule has 0 saturated carbocycles. The summed E-state index contributed by atoms with van der Waals surface area (Å²) in [5.74, 6) is -0.0654. The molecular formula is C6H14N2O2. The molecule has 0 aromatic carbocycles. The molecule has 0 saturated heterocycles. The summed E-state index contributed by atoms with van der Waals surface area (Å²) in [6.07, 6.45) is 0. The smallest absolute Gasteiger partial charge is 0.259 e. The fraction of sp³-hybridized carbons (Fsp3) is 0.833. The maximum atomic E-state index is 10.9. The van der Waals surface area contributed by atoms with Crippen molar-refractivity contribution >= 4 is 5.91 Å². The first kappa shape index (κ1) is 9.39. The van der Waals surface area contributed by atoms with Crippen molar-refractivity contribution in [2.45, 2.75) is 6.92 Å². The summed E-state index contributed by atoms with van der Waals surface area (Å²) in [6.45, 7) is 2.67. The fourth-order valence-corrected chi connectivity index (χ4v) is 0.528. The zero-order valence-corrected chi connectivity index (χ0v) is 6.68. The van der Waals surface area contributed by atoms with Crippen molar-refractivity contribution in [1.82, 2.24) is 10.4 Å². The molecule has 0 aromatic heterocycles. The summed E-state index contributed by atoms with van der Waals surface area (Å²) < 4.78 is 0. The largest absolute Gasteiger partial charge is 0.311 e. The zero-order chi connectivity index (χ0) is 7.98. The van der Waals surface area contributed by atoms with Crippen LogP contribution < -0.4 is 5.32 Å². The molecule has 0 radical (unpaired) electrons. The van der Waals surface area contributed by atoms with Crippen LogP contribution in [0.15, 0.2) is 0 Å². The summed E-state index contributed by atoms with van der Waals surface area (Å²) in [7, 11) is 3.32. The molecule has 0 atom stereocenters. The van der Waals surface area contributed by atoms with Gasteiger partial charge >= 0.3 is 0 Å². The molecule has 1 amide bonds. The van der Waals surface area contributed by atoms with Crippen LogP contribution in [-0.2, 0) is 9.63 Å². The molecule has 4 nitrogen and oxygen atoms in total. The van der Waals surface area contributed by atoms with Crippen LogP contribution in [0.5, 0.6) is 0 Å². The Morgan fingerprint density at radius 3 is 2.70 bits per heavy atom. The SMILES string of the molecule is CCON(C)C(=O)CNC. The molecule has 1 N–H and O–H groups in total. The van der Waals surface area contributed by atoms with Gasteiger partial charge in [-0.1, -0.05) is 0 Å². The summed E-state index contributed by atoms with van der Waals surface area (Å²) in [6, 6.07) is 0. The molecule has 4 heteroatoms. The van der Waals surface area contributed by atoms with Gasteiger partial charge in [-0.15, -0.1) is 0 Å². The lowest BCUT2D eigenvalue weighted by atomic mass is 10.6. The van der Waals surface area contributed by atoms with Crippen LogP contribution in [-0.4, -0.2) is 38.2 Å². The van der Waals surface area contributed by atoms with E-state index in [0.717, 1.165) is 0 Å². The third-order valence-electron chi connectivity index (χ3n) is 1.00. The molecule has 0 aliphatic carbocycles. The fourth-order valence-electron chi connectivity index (χ4n) is 0.528. The molecule has 0 aliphatic heterocycles. The van der Waals surface area contributed by atoms with Crippen molar-refractivity contribution in [3.8, 4) is 0 Å². The van der Waals surface area contributed by atoms with Gasteiger partial charge in [-0.2, -0.15) is 0 Å². The van der Waals surface area contributed by atoms with Crippen molar-refractivity contribution in [1.29, 1.82) is 0 Å². The predicted molar refractivity (Wildman–Crippen MR) is 38.3 cm³/mol. The second kappa shape index (κ2) is 5.20. The van der Waals surface area contributed by atoms with E-state index < -0.39 is 0 Å². The molecule has 0 aliphatic rings. The van der Waals surface area contributed by atoms with Crippen LogP contribution in [0.25, 0.3) is 0 Å². The quantitative estimate of drug-likeness (QED) is 0.549. The molecule has 0 fully saturated rings. The van der Waals surface area contributed by atoms with Gasteiger partial charge in [0, 0.05) is 7.05 Å². The number of hydrogen-bond donors (Lipinski definition) is 1. The molecule has 0 aromatic rings. The Labute approximate surface area is 61.1 Å². The van der Waals surface area contributed by atoms with Crippen LogP contribution in [0.3, 0.4) is 0 Å². The monoisotopic (exact) mass is 146 g/mol. The second-order valence-electron chi connectivity index (χ2n) is 1.84. The highest BCUT2D eigenvalue weighted by Crippen LogP contribution is 1.84. The molecular weight excluding hydrogens is 132 g/mol. The van der Waals surface area contributed by atoms with Crippen LogP contribution >= 0.6 is 0 Å². The average molecular weight is 146 g/mol. The van der Waals surface area contributed by atoms with Crippen LogP contribution in [0.2, 0.25) is 0 Å². The van der Waals surface area contributed by atoms with E-state index in [1.165, 1.54) is 5.06 Å². The first-order valence-electron chi connectivity index (χ1n) is 3.26. The van der Waals surface area contributed by atoms with Crippen molar-refractivity contribution in [3.05, 3.63) is 0 Å². The van der Waals surface area contributed by atoms with E-state index in [-0.39, 0.29) is 5.91 Å². The number of rotatable bonds is 4. The first-order valence-corrected chi connectivity index (χ1v) is 3.26. The van der Waals surface area contributed by atoms with Crippen LogP contribution in [0.1, 0.15) is 6.92 Å². The topological polar surface area (TPSA) is 41.6 Å². The first-order chi connectivity index (χ1) is 4.72. The van der Waals surface area contributed by atoms with Gasteiger partial charge in [0.15, 0.2) is 0 Å². The van der Waals surface area contributed by atoms with Gasteiger partial charge in [-0.25, -0.2) is 5.06 Å². The van der Waals surface area contributed by atoms with Crippen LogP contribution in [0, 0.1) is 0 Å². The number of hydrogen-bond acceptors (Lipinski definition) is 3. The van der Waals surface area contributed by atoms with E-state index in [1.807, 2.05) is 6.92 Å². The number of carbonyl (C=O) groups excluding carboxylic acids is 1. The predicted octanol–water partition coefficient (Wildman–Crippen LogP) is -0.384. The molecule has 0 unspecified atom stereocenters. The third kappa shape index (κ3) is 3.42. The maximum Gasteiger partial charge on any atom is 0.259 e. The zero-order valence-electron chi connectivity index (χ0n) is 6.68. The summed E-state index contributed by atoms with van der Waals surface area (Å²) >= 11 is 0. The molecule has 0 spiro atoms. The van der Waals surface area contributed by atoms with Crippen LogP contribution in [0.4, 0.5) is 0 Å². The number of carbonyl (C=O) groups is 1. The Hall–Kier alpha value is -0.610. The van der Waals surface area contributed by atoms with Crippen molar-refractivity contribution in [2.24, 2.45) is 0 Å². The molecule has 0 heterocycles. The van der Waals surface area contributed by atoms with Crippen molar-refractivity contribution < 1.29 is 9.63 Å². The van der Waals surface area contributed by atoms with Gasteiger partial charge in [-0.3, -0.25) is 9.63 Å². The molecule has 0 rings (SSSR count). The summed E-state index contributed by atoms with van der Waals surface area (Å²) in [5, 5.41) is 3.97. The van der Waals surface area contributed by atoms with Gasteiger partial charge < -0.3 is 5.32 Å². The lowest BCUT2D eigenvalue weighted by molar-refractivity contribution is -0.175. The number of likely N-dealkylation sites (N-methyl/N-ethyl adjacent to an activating group) is 2. The van der Waals surface area contributed by atoms with Crippen molar-refractivity contribution in [3.63, 3.8) is 0 Å². The van der Waals surface area contributed by atoms with E-state index in [1.54, 1.807) is 14.1 Å². The minimum Gasteiger partial charge on any atom is -0.311 e. The second-order valence-corrected chi connectivity index (χ2v) is 1.84. The standard InChI is InChI=1S/C6H14N2O2/c1-4-10-8(3)6(9)5-7-2/h7H,4-5H2,1-3H3. The summed E-state index contributed by atoms with van der Waals surface area (Å²) in [5.41, 5.74) is 0. The Morgan fingerprint density at radius 1 is 1.70 bits per heavy atom. The number of hydroxylamine groups is 2. The Bertz CT molecular complexity index is 106. The highest BCUT2D eigenvalue weighted by atomic mass is 16.7. The Morgan fingerprint density at radius 2 is 2.30 bits per heavy atom. The van der Waals surface area contributed by atoms with Gasteiger partial charge in [0.1, 0.15) is 0 Å². The lowest BCUT2D eigenvalue weighted by Crippen LogP contribution is -2.34. The van der Waals surface area contributed by atoms with Gasteiger partial charge in [0.25, 0.3) is 5.91 Å². The van der Waals surface area contributed by atoms with E-state index in [4.69, 9.17) is 4.84 Å². The maximum absolute atomic E-state index is 10.9. The minimum atomic E-state index is -0.0654. The Balaban J connectivity index is 3.49. The van der Waals surface area contributed by atoms with E-state index in [0.29, 0.717) is 13.2 Å². The third-order valence-corrected chi connectivity index (χ3v) is 1.00. The Kier molecular flexibility index (Phi) is 4.88. The molecule has 0 bridgehead atoms. The number of nitrogens with one attached hydrogen (secondary N) is 1. The average Bonchev–Trinajstić information content (AvgIpc) is 1.89. The van der Waals surface area contributed by atoms with Crippen molar-refractivity contribution in [2.75, 3.05) is 27.2 Å². The highest BCUT2D eigenvalue weighted by molar-refractivity contribution is 5.76. The normalized spacial score (nSPS) is 9.50. The lowest BCUT2D eigenvalue weighted by Gasteiger charge is -2.14. The number of nitrogens with zero attached hydrogens (tertiary/aromatic N) is 1. The number of amides is 1. The minimum absolute atomic E-state index is 0.0654.